The van der Waals surface area contributed by atoms with Crippen LogP contribution in [0.2, 0.25) is 0 Å². The van der Waals surface area contributed by atoms with Crippen LogP contribution < -0.4 is 0 Å². The third-order valence-corrected chi connectivity index (χ3v) is 7.68. The van der Waals surface area contributed by atoms with Gasteiger partial charge in [0.15, 0.2) is 0 Å². The van der Waals surface area contributed by atoms with Crippen molar-refractivity contribution in [2.75, 3.05) is 12.4 Å². The molecule has 0 radical (unpaired) electrons. The van der Waals surface area contributed by atoms with Gasteiger partial charge in [-0.3, -0.25) is 0 Å². The number of ether oxygens (including phenoxy) is 1. The number of aliphatic hydroxyl groups excluding tert-OH is 1. The van der Waals surface area contributed by atoms with Gasteiger partial charge in [0.05, 0.1) is 6.61 Å². The van der Waals surface area contributed by atoms with Crippen molar-refractivity contribution in [3.8, 4) is 0 Å². The first-order valence-corrected chi connectivity index (χ1v) is 9.93. The molecule has 5 unspecified atom stereocenters. The molecule has 144 valence electrons. The maximum atomic E-state index is 11.1. The van der Waals surface area contributed by atoms with Gasteiger partial charge in [0.25, 0.3) is 0 Å². The molecule has 5 nitrogen and oxygen atoms in total. The van der Waals surface area contributed by atoms with E-state index in [4.69, 9.17) is 4.74 Å². The van der Waals surface area contributed by atoms with Gasteiger partial charge in [-0.15, -0.1) is 11.8 Å². The normalized spacial score (nSPS) is 46.2. The van der Waals surface area contributed by atoms with E-state index in [0.29, 0.717) is 0 Å². The Bertz CT molecular complexity index is 424. The van der Waals surface area contributed by atoms with Crippen LogP contribution in [-0.4, -0.2) is 60.1 Å². The number of rotatable bonds is 8. The summed E-state index contributed by atoms with van der Waals surface area (Å²) in [6.07, 6.45) is 5.70. The molecule has 0 bridgehead atoms. The molecule has 0 amide bonds. The number of unbranched alkanes of at least 4 members (excludes halogenated alkanes) is 4. The zero-order valence-electron chi connectivity index (χ0n) is 16.1. The van der Waals surface area contributed by atoms with E-state index < -0.39 is 33.9 Å². The molecule has 0 aromatic rings. The topological polar surface area (TPSA) is 90.2 Å². The van der Waals surface area contributed by atoms with Gasteiger partial charge in [-0.1, -0.05) is 32.6 Å². The highest BCUT2D eigenvalue weighted by molar-refractivity contribution is 8.00. The summed E-state index contributed by atoms with van der Waals surface area (Å²) in [7, 11) is 0. The van der Waals surface area contributed by atoms with E-state index in [1.54, 1.807) is 13.8 Å². The molecule has 1 aliphatic heterocycles. The lowest BCUT2D eigenvalue weighted by molar-refractivity contribution is -0.380. The average Bonchev–Trinajstić information content (AvgIpc) is 2.48. The summed E-state index contributed by atoms with van der Waals surface area (Å²) in [6.45, 7) is 9.29. The lowest BCUT2D eigenvalue weighted by atomic mass is 9.62. The molecule has 24 heavy (non-hydrogen) atoms. The van der Waals surface area contributed by atoms with Gasteiger partial charge in [0, 0.05) is 0 Å². The summed E-state index contributed by atoms with van der Waals surface area (Å²) < 4.78 is 6.06. The van der Waals surface area contributed by atoms with Crippen molar-refractivity contribution < 1.29 is 25.2 Å². The Morgan fingerprint density at radius 2 is 1.33 bits per heavy atom. The van der Waals surface area contributed by atoms with E-state index in [9.17, 15) is 20.4 Å². The fraction of sp³-hybridized carbons (Fsp3) is 1.00. The minimum Gasteiger partial charge on any atom is -0.393 e. The molecule has 1 heterocycles. The first kappa shape index (κ1) is 22.2. The van der Waals surface area contributed by atoms with Crippen LogP contribution in [0, 0.1) is 0 Å². The van der Waals surface area contributed by atoms with Gasteiger partial charge >= 0.3 is 0 Å². The van der Waals surface area contributed by atoms with E-state index >= 15 is 0 Å². The summed E-state index contributed by atoms with van der Waals surface area (Å²) in [5, 5.41) is 42.7. The molecule has 1 fully saturated rings. The lowest BCUT2D eigenvalue weighted by Gasteiger charge is -2.65. The van der Waals surface area contributed by atoms with E-state index in [1.807, 2.05) is 0 Å². The number of thioether (sulfide) groups is 1. The molecular formula is C18H36O5S. The highest BCUT2D eigenvalue weighted by atomic mass is 32.2. The fourth-order valence-electron chi connectivity index (χ4n) is 3.39. The molecule has 1 saturated heterocycles. The fourth-order valence-corrected chi connectivity index (χ4v) is 4.85. The predicted molar refractivity (Wildman–Crippen MR) is 98.1 cm³/mol. The monoisotopic (exact) mass is 364 g/mol. The molecule has 0 aromatic heterocycles. The van der Waals surface area contributed by atoms with Crippen molar-refractivity contribution in [2.45, 2.75) is 101 Å². The summed E-state index contributed by atoms with van der Waals surface area (Å²) in [4.78, 5) is -1.15. The maximum absolute atomic E-state index is 11.1. The standard InChI is InChI=1S/C18H36O5S/c1-7-8-9-10-11-12-24-18(6)17(5,22)16(4,21)15(3,20)14(2,13-19)23-18/h19-22H,7-13H2,1-6H3. The second-order valence-corrected chi connectivity index (χ2v) is 9.39. The van der Waals surface area contributed by atoms with E-state index in [1.165, 1.54) is 51.8 Å². The Kier molecular flexibility index (Phi) is 6.85. The molecular weight excluding hydrogens is 328 g/mol. The molecule has 0 aliphatic carbocycles. The van der Waals surface area contributed by atoms with Crippen molar-refractivity contribution in [3.05, 3.63) is 0 Å². The summed E-state index contributed by atoms with van der Waals surface area (Å²) >= 11 is 1.43. The van der Waals surface area contributed by atoms with Crippen molar-refractivity contribution >= 4 is 11.8 Å². The molecule has 5 atom stereocenters. The average molecular weight is 365 g/mol. The van der Waals surface area contributed by atoms with Crippen LogP contribution in [0.3, 0.4) is 0 Å². The Hall–Kier alpha value is 0.150. The smallest absolute Gasteiger partial charge is 0.143 e. The summed E-state index contributed by atoms with van der Waals surface area (Å²) in [6, 6.07) is 0. The van der Waals surface area contributed by atoms with Crippen LogP contribution in [-0.2, 0) is 4.74 Å². The van der Waals surface area contributed by atoms with E-state index in [0.717, 1.165) is 18.6 Å². The number of hydrogen-bond donors (Lipinski definition) is 4. The summed E-state index contributed by atoms with van der Waals surface area (Å²) in [5.74, 6) is 0.774. The van der Waals surface area contributed by atoms with Crippen molar-refractivity contribution in [1.29, 1.82) is 0 Å². The number of aliphatic hydroxyl groups is 4. The lowest BCUT2D eigenvalue weighted by Crippen LogP contribution is -2.83. The van der Waals surface area contributed by atoms with Gasteiger partial charge in [-0.05, 0) is 46.8 Å². The van der Waals surface area contributed by atoms with Gasteiger partial charge in [-0.2, -0.15) is 0 Å². The summed E-state index contributed by atoms with van der Waals surface area (Å²) in [5.41, 5.74) is -6.77. The molecule has 6 heteroatoms. The first-order chi connectivity index (χ1) is 10.8. The third kappa shape index (κ3) is 3.38. The van der Waals surface area contributed by atoms with Crippen molar-refractivity contribution in [2.24, 2.45) is 0 Å². The Labute approximate surface area is 150 Å². The second kappa shape index (κ2) is 7.41. The Morgan fingerprint density at radius 3 is 1.83 bits per heavy atom. The van der Waals surface area contributed by atoms with Gasteiger partial charge in [0.1, 0.15) is 27.3 Å². The highest BCUT2D eigenvalue weighted by Gasteiger charge is 2.73. The van der Waals surface area contributed by atoms with Crippen LogP contribution in [0.5, 0.6) is 0 Å². The zero-order chi connectivity index (χ0) is 18.9. The largest absolute Gasteiger partial charge is 0.393 e. The van der Waals surface area contributed by atoms with Crippen molar-refractivity contribution in [3.63, 3.8) is 0 Å². The van der Waals surface area contributed by atoms with Gasteiger partial charge < -0.3 is 25.2 Å². The Morgan fingerprint density at radius 1 is 0.792 bits per heavy atom. The molecule has 1 rings (SSSR count). The van der Waals surface area contributed by atoms with Crippen LogP contribution >= 0.6 is 11.8 Å². The predicted octanol–water partition coefficient (Wildman–Crippen LogP) is 2.44. The Balaban J connectivity index is 2.96. The van der Waals surface area contributed by atoms with Crippen LogP contribution in [0.1, 0.15) is 73.6 Å². The third-order valence-electron chi connectivity index (χ3n) is 6.16. The second-order valence-electron chi connectivity index (χ2n) is 7.92. The molecule has 1 aliphatic rings. The van der Waals surface area contributed by atoms with Crippen LogP contribution in [0.4, 0.5) is 0 Å². The minimum absolute atomic E-state index is 0.459. The first-order valence-electron chi connectivity index (χ1n) is 8.95. The number of hydrogen-bond acceptors (Lipinski definition) is 6. The molecule has 4 N–H and O–H groups in total. The molecule has 0 spiro atoms. The van der Waals surface area contributed by atoms with Crippen LogP contribution in [0.15, 0.2) is 0 Å². The maximum Gasteiger partial charge on any atom is 0.143 e. The van der Waals surface area contributed by atoms with E-state index in [-0.39, 0.29) is 0 Å². The van der Waals surface area contributed by atoms with Crippen LogP contribution in [0.25, 0.3) is 0 Å². The van der Waals surface area contributed by atoms with E-state index in [2.05, 4.69) is 6.92 Å². The molecule has 0 aromatic carbocycles. The van der Waals surface area contributed by atoms with Crippen molar-refractivity contribution in [1.82, 2.24) is 0 Å². The van der Waals surface area contributed by atoms with Gasteiger partial charge in [-0.25, -0.2) is 0 Å². The highest BCUT2D eigenvalue weighted by Crippen LogP contribution is 2.56. The van der Waals surface area contributed by atoms with Gasteiger partial charge in [0.2, 0.25) is 0 Å². The SMILES string of the molecule is CCCCCCCSC1(C)OC(C)(CO)C(C)(O)C(C)(O)C1(C)O. The quantitative estimate of drug-likeness (QED) is 0.495. The zero-order valence-corrected chi connectivity index (χ0v) is 16.9. The minimum atomic E-state index is -1.86. The molecule has 0 saturated carbocycles.